The van der Waals surface area contributed by atoms with Crippen molar-refractivity contribution in [1.82, 2.24) is 9.55 Å². The Kier molecular flexibility index (Phi) is 8.18. The van der Waals surface area contributed by atoms with Crippen molar-refractivity contribution in [3.05, 3.63) is 89.2 Å². The average molecular weight is 444 g/mol. The van der Waals surface area contributed by atoms with Gasteiger partial charge in [-0.1, -0.05) is 41.0 Å². The number of unbranched alkanes of at least 4 members (excludes halogenated alkanes) is 1. The Morgan fingerprint density at radius 2 is 1.90 bits per heavy atom. The van der Waals surface area contributed by atoms with Gasteiger partial charge in [0.25, 0.3) is 0 Å². The number of aromatic nitrogens is 2. The quantitative estimate of drug-likeness (QED) is 0.253. The number of imidazole rings is 1. The Morgan fingerprint density at radius 3 is 2.55 bits per heavy atom. The molecule has 162 valence electrons. The number of carboxylic acid groups (broad SMARTS) is 1. The SMILES string of the molecule is O=C(O)CCCCON=C(c1ccc(Cl)cc1)C(Cc1ccc(F)cc1)n1ccnc1. The second-order valence-corrected chi connectivity index (χ2v) is 7.46. The molecule has 6 nitrogen and oxygen atoms in total. The summed E-state index contributed by atoms with van der Waals surface area (Å²) in [4.78, 5) is 20.4. The number of oxime groups is 1. The maximum atomic E-state index is 13.4. The lowest BCUT2D eigenvalue weighted by Crippen LogP contribution is -2.22. The maximum Gasteiger partial charge on any atom is 0.303 e. The molecule has 0 radical (unpaired) electrons. The van der Waals surface area contributed by atoms with Gasteiger partial charge < -0.3 is 14.5 Å². The van der Waals surface area contributed by atoms with E-state index in [9.17, 15) is 9.18 Å². The van der Waals surface area contributed by atoms with Gasteiger partial charge in [0.1, 0.15) is 18.1 Å². The third kappa shape index (κ3) is 6.93. The zero-order valence-electron chi connectivity index (χ0n) is 16.8. The number of benzene rings is 2. The second kappa shape index (κ2) is 11.3. The van der Waals surface area contributed by atoms with Crippen LogP contribution in [0.1, 0.15) is 36.4 Å². The molecule has 1 N–H and O–H groups in total. The molecule has 0 amide bonds. The van der Waals surface area contributed by atoms with Crippen LogP contribution in [0.3, 0.4) is 0 Å². The van der Waals surface area contributed by atoms with Crippen LogP contribution in [0.25, 0.3) is 0 Å². The van der Waals surface area contributed by atoms with Crippen molar-refractivity contribution in [3.63, 3.8) is 0 Å². The molecule has 0 saturated carbocycles. The van der Waals surface area contributed by atoms with E-state index in [0.717, 1.165) is 11.1 Å². The highest BCUT2D eigenvalue weighted by molar-refractivity contribution is 6.30. The number of halogens is 2. The number of carbonyl (C=O) groups is 1. The van der Waals surface area contributed by atoms with E-state index in [1.807, 2.05) is 22.9 Å². The molecular weight excluding hydrogens is 421 g/mol. The summed E-state index contributed by atoms with van der Waals surface area (Å²) >= 11 is 6.06. The smallest absolute Gasteiger partial charge is 0.303 e. The summed E-state index contributed by atoms with van der Waals surface area (Å²) in [5.74, 6) is -1.12. The Bertz CT molecular complexity index is 990. The third-order valence-electron chi connectivity index (χ3n) is 4.72. The molecule has 31 heavy (non-hydrogen) atoms. The first-order valence-corrected chi connectivity index (χ1v) is 10.3. The number of nitrogens with zero attached hydrogens (tertiary/aromatic N) is 3. The molecule has 0 aliphatic carbocycles. The summed E-state index contributed by atoms with van der Waals surface area (Å²) in [6.07, 6.45) is 6.96. The lowest BCUT2D eigenvalue weighted by atomic mass is 9.96. The number of hydrogen-bond acceptors (Lipinski definition) is 4. The summed E-state index contributed by atoms with van der Waals surface area (Å²) < 4.78 is 15.3. The van der Waals surface area contributed by atoms with Crippen molar-refractivity contribution in [2.45, 2.75) is 31.7 Å². The molecule has 0 saturated heterocycles. The van der Waals surface area contributed by atoms with Crippen molar-refractivity contribution in [2.75, 3.05) is 6.61 Å². The van der Waals surface area contributed by atoms with E-state index in [1.165, 1.54) is 12.1 Å². The Hall–Kier alpha value is -3.19. The molecule has 3 rings (SSSR count). The second-order valence-electron chi connectivity index (χ2n) is 7.02. The molecule has 8 heteroatoms. The lowest BCUT2D eigenvalue weighted by molar-refractivity contribution is -0.137. The highest BCUT2D eigenvalue weighted by Gasteiger charge is 2.21. The van der Waals surface area contributed by atoms with E-state index < -0.39 is 5.97 Å². The predicted octanol–water partition coefficient (Wildman–Crippen LogP) is 5.14. The van der Waals surface area contributed by atoms with Gasteiger partial charge >= 0.3 is 5.97 Å². The molecule has 0 spiro atoms. The number of hydrogen-bond donors (Lipinski definition) is 1. The van der Waals surface area contributed by atoms with Crippen LogP contribution in [0.5, 0.6) is 0 Å². The minimum Gasteiger partial charge on any atom is -0.481 e. The highest BCUT2D eigenvalue weighted by atomic mass is 35.5. The lowest BCUT2D eigenvalue weighted by Gasteiger charge is -2.21. The normalized spacial score (nSPS) is 12.5. The maximum absolute atomic E-state index is 13.4. The summed E-state index contributed by atoms with van der Waals surface area (Å²) in [6, 6.07) is 13.4. The van der Waals surface area contributed by atoms with E-state index in [1.54, 1.807) is 36.8 Å². The van der Waals surface area contributed by atoms with Crippen molar-refractivity contribution in [2.24, 2.45) is 5.16 Å². The fraction of sp³-hybridized carbons (Fsp3) is 0.261. The van der Waals surface area contributed by atoms with Gasteiger partial charge in [-0.05, 0) is 49.1 Å². The van der Waals surface area contributed by atoms with Crippen molar-refractivity contribution in [1.29, 1.82) is 0 Å². The minimum absolute atomic E-state index is 0.0966. The zero-order valence-corrected chi connectivity index (χ0v) is 17.6. The van der Waals surface area contributed by atoms with E-state index in [2.05, 4.69) is 10.1 Å². The minimum atomic E-state index is -0.829. The first-order chi connectivity index (χ1) is 15.0. The molecule has 2 aromatic carbocycles. The van der Waals surface area contributed by atoms with Crippen LogP contribution in [0.15, 0.2) is 72.4 Å². The van der Waals surface area contributed by atoms with Gasteiger partial charge in [-0.2, -0.15) is 0 Å². The third-order valence-corrected chi connectivity index (χ3v) is 4.97. The van der Waals surface area contributed by atoms with Gasteiger partial charge in [0.05, 0.1) is 12.4 Å². The Labute approximate surface area is 184 Å². The van der Waals surface area contributed by atoms with Crippen LogP contribution in [-0.4, -0.2) is 32.9 Å². The summed E-state index contributed by atoms with van der Waals surface area (Å²) in [5, 5.41) is 13.8. The fourth-order valence-electron chi connectivity index (χ4n) is 3.13. The van der Waals surface area contributed by atoms with Gasteiger partial charge in [-0.3, -0.25) is 4.79 Å². The van der Waals surface area contributed by atoms with Crippen LogP contribution in [-0.2, 0) is 16.1 Å². The number of carboxylic acids is 1. The number of rotatable bonds is 11. The standard InChI is InChI=1S/C23H23ClFN3O3/c24-19-8-6-18(7-9-19)23(27-31-14-2-1-3-22(29)30)21(28-13-12-26-16-28)15-17-4-10-20(25)11-5-17/h4-13,16,21H,1-3,14-15H2,(H,29,30). The monoisotopic (exact) mass is 443 g/mol. The molecule has 0 aliphatic rings. The van der Waals surface area contributed by atoms with E-state index in [4.69, 9.17) is 21.5 Å². The molecule has 0 bridgehead atoms. The van der Waals surface area contributed by atoms with Crippen LogP contribution in [0, 0.1) is 5.82 Å². The Morgan fingerprint density at radius 1 is 1.16 bits per heavy atom. The summed E-state index contributed by atoms with van der Waals surface area (Å²) in [7, 11) is 0. The largest absolute Gasteiger partial charge is 0.481 e. The fourth-order valence-corrected chi connectivity index (χ4v) is 3.25. The molecular formula is C23H23ClFN3O3. The van der Waals surface area contributed by atoms with Crippen molar-refractivity contribution in [3.8, 4) is 0 Å². The van der Waals surface area contributed by atoms with Crippen LogP contribution < -0.4 is 0 Å². The molecule has 1 heterocycles. The molecule has 3 aromatic rings. The molecule has 1 aromatic heterocycles. The van der Waals surface area contributed by atoms with Gasteiger partial charge in [0, 0.05) is 29.4 Å². The molecule has 0 aliphatic heterocycles. The van der Waals surface area contributed by atoms with E-state index in [-0.39, 0.29) is 18.3 Å². The number of aliphatic carboxylic acids is 1. The van der Waals surface area contributed by atoms with Crippen LogP contribution in [0.4, 0.5) is 4.39 Å². The Balaban J connectivity index is 1.86. The predicted molar refractivity (Wildman–Crippen MR) is 117 cm³/mol. The first-order valence-electron chi connectivity index (χ1n) is 9.92. The van der Waals surface area contributed by atoms with Crippen molar-refractivity contribution >= 4 is 23.3 Å². The zero-order chi connectivity index (χ0) is 22.1. The molecule has 1 unspecified atom stereocenters. The van der Waals surface area contributed by atoms with Crippen LogP contribution >= 0.6 is 11.6 Å². The summed E-state index contributed by atoms with van der Waals surface area (Å²) in [6.45, 7) is 0.303. The van der Waals surface area contributed by atoms with Gasteiger partial charge in [-0.15, -0.1) is 0 Å². The van der Waals surface area contributed by atoms with Gasteiger partial charge in [0.15, 0.2) is 0 Å². The topological polar surface area (TPSA) is 76.7 Å². The van der Waals surface area contributed by atoms with Gasteiger partial charge in [0.2, 0.25) is 0 Å². The van der Waals surface area contributed by atoms with Crippen LogP contribution in [0.2, 0.25) is 5.02 Å². The van der Waals surface area contributed by atoms with E-state index in [0.29, 0.717) is 36.6 Å². The van der Waals surface area contributed by atoms with Crippen molar-refractivity contribution < 1.29 is 19.1 Å². The highest BCUT2D eigenvalue weighted by Crippen LogP contribution is 2.23. The van der Waals surface area contributed by atoms with Gasteiger partial charge in [-0.25, -0.2) is 9.37 Å². The first kappa shape index (κ1) is 22.5. The molecule has 0 fully saturated rings. The van der Waals surface area contributed by atoms with E-state index >= 15 is 0 Å². The average Bonchev–Trinajstić information content (AvgIpc) is 3.29. The molecule has 1 atom stereocenters. The summed E-state index contributed by atoms with van der Waals surface area (Å²) in [5.41, 5.74) is 2.43.